The number of nitrogens with one attached hydrogen (secondary N) is 1. The average molecular weight is 251 g/mol. The summed E-state index contributed by atoms with van der Waals surface area (Å²) in [7, 11) is 0. The molecule has 0 saturated heterocycles. The zero-order chi connectivity index (χ0) is 12.1. The molecule has 1 aromatic rings. The van der Waals surface area contributed by atoms with Gasteiger partial charge in [0.05, 0.1) is 6.61 Å². The summed E-state index contributed by atoms with van der Waals surface area (Å²) in [5.41, 5.74) is 2.73. The molecule has 1 unspecified atom stereocenters. The Morgan fingerprint density at radius 1 is 1.47 bits per heavy atom. The fraction of sp³-hybridized carbons (Fsp3) is 0.571. The molecule has 0 aromatic heterocycles. The first-order valence-corrected chi connectivity index (χ1v) is 7.63. The Labute approximate surface area is 108 Å². The van der Waals surface area contributed by atoms with Crippen molar-refractivity contribution in [3.05, 3.63) is 29.3 Å². The van der Waals surface area contributed by atoms with Crippen LogP contribution < -0.4 is 10.1 Å². The van der Waals surface area contributed by atoms with Gasteiger partial charge in [0.2, 0.25) is 0 Å². The third-order valence-corrected chi connectivity index (χ3v) is 3.93. The average Bonchev–Trinajstić information content (AvgIpc) is 2.76. The molecule has 0 amide bonds. The molecule has 1 aromatic carbocycles. The van der Waals surface area contributed by atoms with Gasteiger partial charge in [0.25, 0.3) is 0 Å². The zero-order valence-electron chi connectivity index (χ0n) is 10.7. The molecule has 0 bridgehead atoms. The van der Waals surface area contributed by atoms with E-state index in [0.717, 1.165) is 37.8 Å². The van der Waals surface area contributed by atoms with Crippen LogP contribution in [-0.2, 0) is 13.0 Å². The molecule has 1 heterocycles. The van der Waals surface area contributed by atoms with Crippen LogP contribution in [0.1, 0.15) is 18.1 Å². The van der Waals surface area contributed by atoms with E-state index in [1.807, 2.05) is 11.8 Å². The van der Waals surface area contributed by atoms with Crippen LogP contribution in [-0.4, -0.2) is 25.2 Å². The lowest BCUT2D eigenvalue weighted by atomic mass is 10.1. The highest BCUT2D eigenvalue weighted by Crippen LogP contribution is 2.25. The van der Waals surface area contributed by atoms with Crippen LogP contribution in [0.3, 0.4) is 0 Å². The molecule has 2 nitrogen and oxygen atoms in total. The predicted molar refractivity (Wildman–Crippen MR) is 74.9 cm³/mol. The highest BCUT2D eigenvalue weighted by atomic mass is 32.2. The van der Waals surface area contributed by atoms with Crippen molar-refractivity contribution >= 4 is 11.8 Å². The Bertz CT molecular complexity index is 367. The molecule has 0 radical (unpaired) electrons. The topological polar surface area (TPSA) is 21.3 Å². The molecule has 0 fully saturated rings. The van der Waals surface area contributed by atoms with Gasteiger partial charge >= 0.3 is 0 Å². The van der Waals surface area contributed by atoms with E-state index in [4.69, 9.17) is 4.74 Å². The second-order valence-corrected chi connectivity index (χ2v) is 5.64. The van der Waals surface area contributed by atoms with Gasteiger partial charge in [-0.3, -0.25) is 0 Å². The van der Waals surface area contributed by atoms with E-state index in [1.54, 1.807) is 0 Å². The Morgan fingerprint density at radius 2 is 2.35 bits per heavy atom. The van der Waals surface area contributed by atoms with E-state index in [0.29, 0.717) is 0 Å². The van der Waals surface area contributed by atoms with E-state index < -0.39 is 0 Å². The minimum Gasteiger partial charge on any atom is -0.493 e. The van der Waals surface area contributed by atoms with Crippen molar-refractivity contribution < 1.29 is 4.74 Å². The summed E-state index contributed by atoms with van der Waals surface area (Å²) in [5, 5.41) is 3.52. The van der Waals surface area contributed by atoms with Crippen LogP contribution in [0.5, 0.6) is 5.75 Å². The summed E-state index contributed by atoms with van der Waals surface area (Å²) in [6, 6.07) is 6.54. The molecule has 0 saturated carbocycles. The summed E-state index contributed by atoms with van der Waals surface area (Å²) in [5.74, 6) is 3.04. The quantitative estimate of drug-likeness (QED) is 0.840. The van der Waals surface area contributed by atoms with Gasteiger partial charge in [-0.15, -0.1) is 0 Å². The SMILES string of the molecule is CSCC(C)CNCc1ccc2c(c1)CCO2. The number of benzene rings is 1. The highest BCUT2D eigenvalue weighted by Gasteiger charge is 2.11. The Morgan fingerprint density at radius 3 is 3.18 bits per heavy atom. The first kappa shape index (κ1) is 12.8. The Hall–Kier alpha value is -0.670. The lowest BCUT2D eigenvalue weighted by Crippen LogP contribution is -2.22. The maximum absolute atomic E-state index is 5.50. The van der Waals surface area contributed by atoms with Crippen molar-refractivity contribution in [2.24, 2.45) is 5.92 Å². The second kappa shape index (κ2) is 6.31. The number of hydrogen-bond donors (Lipinski definition) is 1. The summed E-state index contributed by atoms with van der Waals surface area (Å²) >= 11 is 1.92. The van der Waals surface area contributed by atoms with Crippen LogP contribution >= 0.6 is 11.8 Å². The minimum atomic E-state index is 0.739. The summed E-state index contributed by atoms with van der Waals surface area (Å²) in [6.45, 7) is 5.19. The fourth-order valence-corrected chi connectivity index (χ4v) is 2.84. The van der Waals surface area contributed by atoms with Gasteiger partial charge in [-0.2, -0.15) is 11.8 Å². The van der Waals surface area contributed by atoms with E-state index in [9.17, 15) is 0 Å². The standard InChI is InChI=1S/C14H21NOS/c1-11(10-17-2)8-15-9-12-3-4-14-13(7-12)5-6-16-14/h3-4,7,11,15H,5-6,8-10H2,1-2H3. The third-order valence-electron chi connectivity index (χ3n) is 3.03. The lowest BCUT2D eigenvalue weighted by molar-refractivity contribution is 0.357. The molecule has 0 aliphatic carbocycles. The zero-order valence-corrected chi connectivity index (χ0v) is 11.5. The molecule has 1 aliphatic rings. The van der Waals surface area contributed by atoms with Crippen molar-refractivity contribution in [3.63, 3.8) is 0 Å². The van der Waals surface area contributed by atoms with Gasteiger partial charge < -0.3 is 10.1 Å². The van der Waals surface area contributed by atoms with Crippen molar-refractivity contribution in [2.45, 2.75) is 19.9 Å². The maximum Gasteiger partial charge on any atom is 0.122 e. The van der Waals surface area contributed by atoms with Crippen molar-refractivity contribution in [1.82, 2.24) is 5.32 Å². The van der Waals surface area contributed by atoms with Crippen LogP contribution in [0, 0.1) is 5.92 Å². The first-order chi connectivity index (χ1) is 8.29. The summed E-state index contributed by atoms with van der Waals surface area (Å²) in [4.78, 5) is 0. The molecule has 1 N–H and O–H groups in total. The second-order valence-electron chi connectivity index (χ2n) is 4.73. The van der Waals surface area contributed by atoms with Crippen LogP contribution in [0.25, 0.3) is 0 Å². The van der Waals surface area contributed by atoms with E-state index in [2.05, 4.69) is 36.7 Å². The highest BCUT2D eigenvalue weighted by molar-refractivity contribution is 7.98. The van der Waals surface area contributed by atoms with Gasteiger partial charge in [0.1, 0.15) is 5.75 Å². The Kier molecular flexibility index (Phi) is 4.75. The number of thioether (sulfide) groups is 1. The first-order valence-electron chi connectivity index (χ1n) is 6.24. The van der Waals surface area contributed by atoms with Gasteiger partial charge in [0, 0.05) is 13.0 Å². The molecular weight excluding hydrogens is 230 g/mol. The molecule has 3 heteroatoms. The van der Waals surface area contributed by atoms with Crippen molar-refractivity contribution in [3.8, 4) is 5.75 Å². The Balaban J connectivity index is 1.79. The number of hydrogen-bond acceptors (Lipinski definition) is 3. The minimum absolute atomic E-state index is 0.739. The summed E-state index contributed by atoms with van der Waals surface area (Å²) in [6.07, 6.45) is 3.23. The molecule has 1 aliphatic heterocycles. The molecule has 2 rings (SSSR count). The molecule has 0 spiro atoms. The molecule has 94 valence electrons. The van der Waals surface area contributed by atoms with Gasteiger partial charge in [0.15, 0.2) is 0 Å². The van der Waals surface area contributed by atoms with Gasteiger partial charge in [-0.1, -0.05) is 19.1 Å². The van der Waals surface area contributed by atoms with E-state index in [1.165, 1.54) is 16.9 Å². The van der Waals surface area contributed by atoms with Crippen molar-refractivity contribution in [2.75, 3.05) is 25.2 Å². The molecule has 17 heavy (non-hydrogen) atoms. The maximum atomic E-state index is 5.50. The molecular formula is C14H21NOS. The van der Waals surface area contributed by atoms with Crippen molar-refractivity contribution in [1.29, 1.82) is 0 Å². The lowest BCUT2D eigenvalue weighted by Gasteiger charge is -2.11. The predicted octanol–water partition coefficient (Wildman–Crippen LogP) is 2.71. The summed E-state index contributed by atoms with van der Waals surface area (Å²) < 4.78 is 5.50. The van der Waals surface area contributed by atoms with Crippen LogP contribution in [0.4, 0.5) is 0 Å². The van der Waals surface area contributed by atoms with Gasteiger partial charge in [-0.25, -0.2) is 0 Å². The monoisotopic (exact) mass is 251 g/mol. The number of rotatable bonds is 6. The normalized spacial score (nSPS) is 15.4. The fourth-order valence-electron chi connectivity index (χ4n) is 2.16. The smallest absolute Gasteiger partial charge is 0.122 e. The van der Waals surface area contributed by atoms with Crippen LogP contribution in [0.15, 0.2) is 18.2 Å². The van der Waals surface area contributed by atoms with E-state index >= 15 is 0 Å². The number of ether oxygens (including phenoxy) is 1. The van der Waals surface area contributed by atoms with E-state index in [-0.39, 0.29) is 0 Å². The number of fused-ring (bicyclic) bond motifs is 1. The third kappa shape index (κ3) is 3.65. The van der Waals surface area contributed by atoms with Crippen LogP contribution in [0.2, 0.25) is 0 Å². The van der Waals surface area contributed by atoms with Gasteiger partial charge in [-0.05, 0) is 41.7 Å². The largest absolute Gasteiger partial charge is 0.493 e. The molecule has 1 atom stereocenters.